The van der Waals surface area contributed by atoms with Gasteiger partial charge in [-0.1, -0.05) is 36.8 Å². The largest absolute Gasteiger partial charge is 0.281 e. The van der Waals surface area contributed by atoms with E-state index in [1.165, 1.54) is 31.2 Å². The van der Waals surface area contributed by atoms with Crippen LogP contribution in [0, 0.1) is 17.2 Å². The zero-order valence-corrected chi connectivity index (χ0v) is 10.8. The third-order valence-corrected chi connectivity index (χ3v) is 4.74. The first-order valence-electron chi connectivity index (χ1n) is 7.05. The topological polar surface area (TPSA) is 27.0 Å². The maximum atomic E-state index is 9.71. The standard InChI is InChI=1S/C16H20N2/c17-13-16-10-4-8-15(16)9-5-11-18(16)12-14-6-2-1-3-7-14/h1-3,6-7,15H,4-5,8-12H2. The second kappa shape index (κ2) is 4.74. The van der Waals surface area contributed by atoms with Gasteiger partial charge >= 0.3 is 0 Å². The Labute approximate surface area is 109 Å². The summed E-state index contributed by atoms with van der Waals surface area (Å²) in [4.78, 5) is 2.45. The normalized spacial score (nSPS) is 31.8. The lowest BCUT2D eigenvalue weighted by molar-refractivity contribution is 0.0507. The first-order valence-corrected chi connectivity index (χ1v) is 7.05. The number of rotatable bonds is 2. The van der Waals surface area contributed by atoms with Gasteiger partial charge in [0.2, 0.25) is 0 Å². The van der Waals surface area contributed by atoms with Gasteiger partial charge in [0.05, 0.1) is 6.07 Å². The van der Waals surface area contributed by atoms with Gasteiger partial charge in [-0.05, 0) is 37.2 Å². The summed E-state index contributed by atoms with van der Waals surface area (Å²) in [5.41, 5.74) is 1.17. The van der Waals surface area contributed by atoms with Crippen molar-refractivity contribution in [1.82, 2.24) is 4.90 Å². The van der Waals surface area contributed by atoms with Crippen LogP contribution in [0.1, 0.15) is 37.7 Å². The molecule has 0 N–H and O–H groups in total. The van der Waals surface area contributed by atoms with Crippen molar-refractivity contribution >= 4 is 0 Å². The summed E-state index contributed by atoms with van der Waals surface area (Å²) in [5, 5.41) is 9.71. The maximum absolute atomic E-state index is 9.71. The second-order valence-corrected chi connectivity index (χ2v) is 5.67. The van der Waals surface area contributed by atoms with E-state index in [9.17, 15) is 5.26 Å². The van der Waals surface area contributed by atoms with Crippen LogP contribution in [0.5, 0.6) is 0 Å². The molecular formula is C16H20N2. The van der Waals surface area contributed by atoms with Gasteiger partial charge < -0.3 is 0 Å². The lowest BCUT2D eigenvalue weighted by atomic mass is 9.79. The van der Waals surface area contributed by atoms with Gasteiger partial charge in [-0.25, -0.2) is 0 Å². The fourth-order valence-electron chi connectivity index (χ4n) is 3.83. The molecule has 2 atom stereocenters. The van der Waals surface area contributed by atoms with Crippen LogP contribution in [-0.2, 0) is 6.54 Å². The Morgan fingerprint density at radius 1 is 1.22 bits per heavy atom. The van der Waals surface area contributed by atoms with E-state index < -0.39 is 0 Å². The van der Waals surface area contributed by atoms with Crippen molar-refractivity contribution in [2.75, 3.05) is 6.54 Å². The molecule has 1 aliphatic heterocycles. The molecule has 2 heteroatoms. The van der Waals surface area contributed by atoms with Crippen molar-refractivity contribution in [2.24, 2.45) is 5.92 Å². The molecular weight excluding hydrogens is 220 g/mol. The van der Waals surface area contributed by atoms with Gasteiger partial charge in [0.1, 0.15) is 5.54 Å². The fourth-order valence-corrected chi connectivity index (χ4v) is 3.83. The number of hydrogen-bond acceptors (Lipinski definition) is 2. The molecule has 94 valence electrons. The molecule has 3 rings (SSSR count). The van der Waals surface area contributed by atoms with Crippen molar-refractivity contribution in [2.45, 2.75) is 44.2 Å². The zero-order valence-electron chi connectivity index (χ0n) is 10.8. The van der Waals surface area contributed by atoms with Crippen LogP contribution in [0.25, 0.3) is 0 Å². The number of hydrogen-bond donors (Lipinski definition) is 0. The minimum atomic E-state index is -0.159. The third-order valence-electron chi connectivity index (χ3n) is 4.74. The van der Waals surface area contributed by atoms with Crippen molar-refractivity contribution in [1.29, 1.82) is 5.26 Å². The molecule has 1 aromatic rings. The van der Waals surface area contributed by atoms with E-state index in [4.69, 9.17) is 0 Å². The highest BCUT2D eigenvalue weighted by Crippen LogP contribution is 2.46. The Balaban J connectivity index is 1.84. The molecule has 0 spiro atoms. The molecule has 2 aliphatic rings. The van der Waals surface area contributed by atoms with Gasteiger partial charge in [-0.3, -0.25) is 4.90 Å². The van der Waals surface area contributed by atoms with Crippen molar-refractivity contribution < 1.29 is 0 Å². The Kier molecular flexibility index (Phi) is 3.09. The van der Waals surface area contributed by atoms with Gasteiger partial charge in [0.25, 0.3) is 0 Å². The average Bonchev–Trinajstić information content (AvgIpc) is 2.85. The predicted molar refractivity (Wildman–Crippen MR) is 71.8 cm³/mol. The highest BCUT2D eigenvalue weighted by molar-refractivity contribution is 5.20. The minimum Gasteiger partial charge on any atom is -0.281 e. The van der Waals surface area contributed by atoms with Crippen LogP contribution in [0.15, 0.2) is 30.3 Å². The van der Waals surface area contributed by atoms with Crippen molar-refractivity contribution in [3.63, 3.8) is 0 Å². The van der Waals surface area contributed by atoms with Crippen molar-refractivity contribution in [3.05, 3.63) is 35.9 Å². The lowest BCUT2D eigenvalue weighted by Crippen LogP contribution is -2.53. The molecule has 1 aromatic carbocycles. The zero-order chi connectivity index (χ0) is 12.4. The number of benzene rings is 1. The number of nitriles is 1. The number of likely N-dealkylation sites (tertiary alicyclic amines) is 1. The van der Waals surface area contributed by atoms with Crippen LogP contribution in [0.4, 0.5) is 0 Å². The number of nitrogens with zero attached hydrogens (tertiary/aromatic N) is 2. The van der Waals surface area contributed by atoms with Crippen LogP contribution >= 0.6 is 0 Å². The van der Waals surface area contributed by atoms with Crippen LogP contribution < -0.4 is 0 Å². The van der Waals surface area contributed by atoms with Crippen LogP contribution in [0.2, 0.25) is 0 Å². The molecule has 2 fully saturated rings. The Morgan fingerprint density at radius 3 is 2.78 bits per heavy atom. The number of fused-ring (bicyclic) bond motifs is 1. The molecule has 0 radical (unpaired) electrons. The van der Waals surface area contributed by atoms with E-state index in [2.05, 4.69) is 41.3 Å². The molecule has 2 nitrogen and oxygen atoms in total. The number of piperidine rings is 1. The second-order valence-electron chi connectivity index (χ2n) is 5.67. The molecule has 0 amide bonds. The van der Waals surface area contributed by atoms with Crippen LogP contribution in [0.3, 0.4) is 0 Å². The Morgan fingerprint density at radius 2 is 2.00 bits per heavy atom. The molecule has 0 bridgehead atoms. The molecule has 2 unspecified atom stereocenters. The molecule has 1 saturated heterocycles. The van der Waals surface area contributed by atoms with E-state index in [1.54, 1.807) is 0 Å². The van der Waals surface area contributed by atoms with E-state index in [1.807, 2.05) is 0 Å². The Hall–Kier alpha value is -1.33. The molecule has 1 saturated carbocycles. The highest BCUT2D eigenvalue weighted by Gasteiger charge is 2.49. The summed E-state index contributed by atoms with van der Waals surface area (Å²) < 4.78 is 0. The monoisotopic (exact) mass is 240 g/mol. The van der Waals surface area contributed by atoms with Gasteiger partial charge in [-0.15, -0.1) is 0 Å². The first kappa shape index (κ1) is 11.7. The van der Waals surface area contributed by atoms with E-state index in [0.29, 0.717) is 5.92 Å². The molecule has 1 heterocycles. The summed E-state index contributed by atoms with van der Waals surface area (Å²) in [6.07, 6.45) is 6.04. The smallest absolute Gasteiger partial charge is 0.112 e. The molecule has 18 heavy (non-hydrogen) atoms. The SMILES string of the molecule is N#CC12CCCC1CCCN2Cc1ccccc1. The average molecular weight is 240 g/mol. The highest BCUT2D eigenvalue weighted by atomic mass is 15.2. The summed E-state index contributed by atoms with van der Waals surface area (Å²) in [7, 11) is 0. The van der Waals surface area contributed by atoms with Gasteiger partial charge in [-0.2, -0.15) is 5.26 Å². The van der Waals surface area contributed by atoms with Gasteiger partial charge in [0, 0.05) is 13.1 Å². The summed E-state index contributed by atoms with van der Waals surface area (Å²) in [6.45, 7) is 2.02. The maximum Gasteiger partial charge on any atom is 0.112 e. The summed E-state index contributed by atoms with van der Waals surface area (Å²) >= 11 is 0. The van der Waals surface area contributed by atoms with Crippen LogP contribution in [-0.4, -0.2) is 17.0 Å². The van der Waals surface area contributed by atoms with E-state index in [0.717, 1.165) is 19.5 Å². The first-order chi connectivity index (χ1) is 8.85. The summed E-state index contributed by atoms with van der Waals surface area (Å²) in [6, 6.07) is 13.2. The fraction of sp³-hybridized carbons (Fsp3) is 0.562. The van der Waals surface area contributed by atoms with Gasteiger partial charge in [0.15, 0.2) is 0 Å². The summed E-state index contributed by atoms with van der Waals surface area (Å²) in [5.74, 6) is 0.611. The predicted octanol–water partition coefficient (Wildman–Crippen LogP) is 3.34. The quantitative estimate of drug-likeness (QED) is 0.792. The molecule has 1 aliphatic carbocycles. The molecule has 0 aromatic heterocycles. The lowest BCUT2D eigenvalue weighted by Gasteiger charge is -2.44. The Bertz CT molecular complexity index is 448. The van der Waals surface area contributed by atoms with E-state index >= 15 is 0 Å². The van der Waals surface area contributed by atoms with Crippen molar-refractivity contribution in [3.8, 4) is 6.07 Å². The van der Waals surface area contributed by atoms with E-state index in [-0.39, 0.29) is 5.54 Å². The third kappa shape index (κ3) is 1.83. The minimum absolute atomic E-state index is 0.159.